The number of nitrogens with zero attached hydrogens (tertiary/aromatic N) is 1. The standard InChI is InChI=1S/C15H22N2O2/c1-11-3-5-13(6-4-11)17-12(2)7-9-16-15(19)14(17)8-10-18/h3-6,12,14,18H,7-10H2,1-2H3,(H,16,19). The summed E-state index contributed by atoms with van der Waals surface area (Å²) in [6.45, 7) is 4.90. The minimum absolute atomic E-state index is 0.0129. The predicted molar refractivity (Wildman–Crippen MR) is 76.2 cm³/mol. The highest BCUT2D eigenvalue weighted by molar-refractivity contribution is 5.86. The van der Waals surface area contributed by atoms with E-state index in [9.17, 15) is 9.90 Å². The van der Waals surface area contributed by atoms with Crippen LogP contribution in [0, 0.1) is 6.92 Å². The molecular weight excluding hydrogens is 240 g/mol. The molecule has 19 heavy (non-hydrogen) atoms. The molecule has 1 aromatic carbocycles. The molecule has 1 amide bonds. The Morgan fingerprint density at radius 2 is 2.05 bits per heavy atom. The van der Waals surface area contributed by atoms with Gasteiger partial charge in [-0.25, -0.2) is 0 Å². The van der Waals surface area contributed by atoms with Crippen LogP contribution in [-0.4, -0.2) is 36.2 Å². The summed E-state index contributed by atoms with van der Waals surface area (Å²) >= 11 is 0. The van der Waals surface area contributed by atoms with Crippen molar-refractivity contribution in [3.63, 3.8) is 0 Å². The second-order valence-corrected chi connectivity index (χ2v) is 5.20. The van der Waals surface area contributed by atoms with Crippen LogP contribution in [0.5, 0.6) is 0 Å². The molecule has 0 bridgehead atoms. The van der Waals surface area contributed by atoms with Crippen LogP contribution in [-0.2, 0) is 4.79 Å². The van der Waals surface area contributed by atoms with Crippen molar-refractivity contribution in [2.45, 2.75) is 38.8 Å². The van der Waals surface area contributed by atoms with Gasteiger partial charge in [0.05, 0.1) is 0 Å². The van der Waals surface area contributed by atoms with E-state index in [-0.39, 0.29) is 24.6 Å². The van der Waals surface area contributed by atoms with Crippen molar-refractivity contribution in [3.05, 3.63) is 29.8 Å². The lowest BCUT2D eigenvalue weighted by Gasteiger charge is -2.35. The van der Waals surface area contributed by atoms with E-state index in [1.165, 1.54) is 5.56 Å². The van der Waals surface area contributed by atoms with E-state index in [1.54, 1.807) is 0 Å². The lowest BCUT2D eigenvalue weighted by atomic mass is 10.1. The number of hydrogen-bond donors (Lipinski definition) is 2. The van der Waals surface area contributed by atoms with E-state index in [0.29, 0.717) is 13.0 Å². The number of aryl methyl sites for hydroxylation is 1. The van der Waals surface area contributed by atoms with Gasteiger partial charge in [-0.3, -0.25) is 4.79 Å². The Kier molecular flexibility index (Phi) is 4.43. The Morgan fingerprint density at radius 3 is 2.68 bits per heavy atom. The molecule has 1 aliphatic heterocycles. The first kappa shape index (κ1) is 13.9. The Labute approximate surface area is 114 Å². The van der Waals surface area contributed by atoms with Gasteiger partial charge in [0.25, 0.3) is 0 Å². The van der Waals surface area contributed by atoms with E-state index >= 15 is 0 Å². The van der Waals surface area contributed by atoms with Gasteiger partial charge in [0.15, 0.2) is 0 Å². The summed E-state index contributed by atoms with van der Waals surface area (Å²) in [7, 11) is 0. The zero-order valence-electron chi connectivity index (χ0n) is 11.6. The monoisotopic (exact) mass is 262 g/mol. The minimum Gasteiger partial charge on any atom is -0.396 e. The van der Waals surface area contributed by atoms with Crippen LogP contribution in [0.3, 0.4) is 0 Å². The molecule has 2 N–H and O–H groups in total. The minimum atomic E-state index is -0.287. The fourth-order valence-electron chi connectivity index (χ4n) is 2.64. The maximum Gasteiger partial charge on any atom is 0.242 e. The van der Waals surface area contributed by atoms with Gasteiger partial charge in [-0.1, -0.05) is 17.7 Å². The largest absolute Gasteiger partial charge is 0.396 e. The Hall–Kier alpha value is -1.55. The Balaban J connectivity index is 2.34. The maximum atomic E-state index is 12.1. The number of aliphatic hydroxyl groups is 1. The quantitative estimate of drug-likeness (QED) is 0.867. The highest BCUT2D eigenvalue weighted by atomic mass is 16.3. The molecular formula is C15H22N2O2. The molecule has 1 saturated heterocycles. The number of aliphatic hydroxyl groups excluding tert-OH is 1. The van der Waals surface area contributed by atoms with Gasteiger partial charge in [0.2, 0.25) is 5.91 Å². The molecule has 1 heterocycles. The summed E-state index contributed by atoms with van der Waals surface area (Å²) in [5.74, 6) is 0.0129. The first-order valence-electron chi connectivity index (χ1n) is 6.87. The van der Waals surface area contributed by atoms with Gasteiger partial charge >= 0.3 is 0 Å². The molecule has 1 aliphatic rings. The smallest absolute Gasteiger partial charge is 0.242 e. The molecule has 1 aromatic rings. The summed E-state index contributed by atoms with van der Waals surface area (Å²) in [4.78, 5) is 14.3. The normalized spacial score (nSPS) is 23.9. The van der Waals surface area contributed by atoms with Crippen molar-refractivity contribution in [1.82, 2.24) is 5.32 Å². The molecule has 0 aliphatic carbocycles. The van der Waals surface area contributed by atoms with E-state index < -0.39 is 0 Å². The fourth-order valence-corrected chi connectivity index (χ4v) is 2.64. The van der Waals surface area contributed by atoms with E-state index in [0.717, 1.165) is 12.1 Å². The van der Waals surface area contributed by atoms with E-state index in [1.807, 2.05) is 6.92 Å². The number of amides is 1. The van der Waals surface area contributed by atoms with Crippen LogP contribution in [0.1, 0.15) is 25.3 Å². The fraction of sp³-hybridized carbons (Fsp3) is 0.533. The number of benzene rings is 1. The maximum absolute atomic E-state index is 12.1. The number of anilines is 1. The molecule has 4 heteroatoms. The summed E-state index contributed by atoms with van der Waals surface area (Å²) in [5.41, 5.74) is 2.25. The number of hydrogen-bond acceptors (Lipinski definition) is 3. The average molecular weight is 262 g/mol. The van der Waals surface area contributed by atoms with Crippen LogP contribution in [0.2, 0.25) is 0 Å². The van der Waals surface area contributed by atoms with Crippen molar-refractivity contribution in [3.8, 4) is 0 Å². The number of carbonyl (C=O) groups is 1. The van der Waals surface area contributed by atoms with E-state index in [2.05, 4.69) is 41.4 Å². The van der Waals surface area contributed by atoms with Crippen LogP contribution < -0.4 is 10.2 Å². The topological polar surface area (TPSA) is 52.6 Å². The van der Waals surface area contributed by atoms with Gasteiger partial charge in [0, 0.05) is 24.9 Å². The third-order valence-electron chi connectivity index (χ3n) is 3.71. The van der Waals surface area contributed by atoms with Gasteiger partial charge in [-0.2, -0.15) is 0 Å². The lowest BCUT2D eigenvalue weighted by Crippen LogP contribution is -2.47. The molecule has 0 spiro atoms. The number of carbonyl (C=O) groups excluding carboxylic acids is 1. The summed E-state index contributed by atoms with van der Waals surface area (Å²) in [6.07, 6.45) is 1.38. The second-order valence-electron chi connectivity index (χ2n) is 5.20. The molecule has 2 rings (SSSR count). The molecule has 104 valence electrons. The molecule has 2 atom stereocenters. The zero-order chi connectivity index (χ0) is 13.8. The van der Waals surface area contributed by atoms with Gasteiger partial charge < -0.3 is 15.3 Å². The highest BCUT2D eigenvalue weighted by Crippen LogP contribution is 2.25. The van der Waals surface area contributed by atoms with Crippen LogP contribution in [0.25, 0.3) is 0 Å². The summed E-state index contributed by atoms with van der Waals surface area (Å²) in [5, 5.41) is 12.1. The second kappa shape index (κ2) is 6.06. The lowest BCUT2D eigenvalue weighted by molar-refractivity contribution is -0.122. The third-order valence-corrected chi connectivity index (χ3v) is 3.71. The van der Waals surface area contributed by atoms with Crippen LogP contribution in [0.15, 0.2) is 24.3 Å². The highest BCUT2D eigenvalue weighted by Gasteiger charge is 2.31. The third kappa shape index (κ3) is 3.07. The molecule has 0 aromatic heterocycles. The first-order chi connectivity index (χ1) is 9.13. The average Bonchev–Trinajstić information content (AvgIpc) is 2.52. The summed E-state index contributed by atoms with van der Waals surface area (Å²) < 4.78 is 0. The molecule has 0 saturated carbocycles. The Morgan fingerprint density at radius 1 is 1.37 bits per heavy atom. The van der Waals surface area contributed by atoms with Gasteiger partial charge in [-0.15, -0.1) is 0 Å². The molecule has 4 nitrogen and oxygen atoms in total. The van der Waals surface area contributed by atoms with Crippen molar-refractivity contribution >= 4 is 11.6 Å². The SMILES string of the molecule is Cc1ccc(N2C(C)CCNC(=O)C2CCO)cc1. The molecule has 0 radical (unpaired) electrons. The van der Waals surface area contributed by atoms with Crippen molar-refractivity contribution in [2.24, 2.45) is 0 Å². The first-order valence-corrected chi connectivity index (χ1v) is 6.87. The van der Waals surface area contributed by atoms with E-state index in [4.69, 9.17) is 0 Å². The Bertz CT molecular complexity index is 430. The van der Waals surface area contributed by atoms with Gasteiger partial charge in [-0.05, 0) is 38.8 Å². The molecule has 1 fully saturated rings. The van der Waals surface area contributed by atoms with Crippen LogP contribution >= 0.6 is 0 Å². The zero-order valence-corrected chi connectivity index (χ0v) is 11.6. The van der Waals surface area contributed by atoms with Crippen molar-refractivity contribution in [2.75, 3.05) is 18.1 Å². The van der Waals surface area contributed by atoms with Crippen molar-refractivity contribution in [1.29, 1.82) is 0 Å². The number of nitrogens with one attached hydrogen (secondary N) is 1. The van der Waals surface area contributed by atoms with Gasteiger partial charge in [0.1, 0.15) is 6.04 Å². The van der Waals surface area contributed by atoms with Crippen molar-refractivity contribution < 1.29 is 9.90 Å². The predicted octanol–water partition coefficient (Wildman–Crippen LogP) is 1.46. The summed E-state index contributed by atoms with van der Waals surface area (Å²) in [6, 6.07) is 8.20. The number of rotatable bonds is 3. The van der Waals surface area contributed by atoms with Crippen LogP contribution in [0.4, 0.5) is 5.69 Å². The molecule has 2 unspecified atom stereocenters.